The third kappa shape index (κ3) is 6.25. The minimum absolute atomic E-state index is 0.114. The molecule has 0 aliphatic rings. The molecule has 0 heterocycles. The number of nitrogen functional groups attached to an aromatic ring is 1. The van der Waals surface area contributed by atoms with Gasteiger partial charge in [-0.25, -0.2) is 0 Å². The van der Waals surface area contributed by atoms with Crippen LogP contribution in [0.3, 0.4) is 0 Å². The van der Waals surface area contributed by atoms with Crippen molar-refractivity contribution in [2.75, 3.05) is 5.73 Å². The van der Waals surface area contributed by atoms with Crippen LogP contribution in [0.2, 0.25) is 0 Å². The summed E-state index contributed by atoms with van der Waals surface area (Å²) in [7, 11) is 0. The van der Waals surface area contributed by atoms with Crippen molar-refractivity contribution in [1.29, 1.82) is 0 Å². The second-order valence-corrected chi connectivity index (χ2v) is 8.23. The second kappa shape index (κ2) is 11.0. The monoisotopic (exact) mass is 479 g/mol. The standard InChI is InChI=1S/C22H30F9N/c1-3-4-5-6-7-8-9-10-11-15(2)16-12-13-18(32)17(14-16)19(23,24)20(25,26)21(27,28)22(29,30)31/h12-15H,3-11,32H2,1-2H3. The maximum absolute atomic E-state index is 14.3. The lowest BCUT2D eigenvalue weighted by atomic mass is 9.89. The van der Waals surface area contributed by atoms with Gasteiger partial charge in [0.2, 0.25) is 0 Å². The van der Waals surface area contributed by atoms with E-state index in [9.17, 15) is 39.5 Å². The fraction of sp³-hybridized carbons (Fsp3) is 0.727. The highest BCUT2D eigenvalue weighted by atomic mass is 19.4. The summed E-state index contributed by atoms with van der Waals surface area (Å²) < 4.78 is 120. The molecule has 0 aliphatic carbocycles. The normalized spacial score (nSPS) is 14.6. The molecule has 10 heteroatoms. The Morgan fingerprint density at radius 2 is 1.25 bits per heavy atom. The number of alkyl halides is 9. The minimum Gasteiger partial charge on any atom is -0.398 e. The molecule has 0 amide bonds. The molecule has 0 spiro atoms. The number of benzene rings is 1. The first-order valence-corrected chi connectivity index (χ1v) is 10.7. The van der Waals surface area contributed by atoms with Gasteiger partial charge in [0.15, 0.2) is 0 Å². The zero-order chi connectivity index (χ0) is 24.8. The van der Waals surface area contributed by atoms with Gasteiger partial charge in [0.05, 0.1) is 5.56 Å². The molecule has 0 bridgehead atoms. The molecule has 1 atom stereocenters. The first-order valence-electron chi connectivity index (χ1n) is 10.7. The smallest absolute Gasteiger partial charge is 0.398 e. The van der Waals surface area contributed by atoms with Gasteiger partial charge in [0.1, 0.15) is 0 Å². The first kappa shape index (κ1) is 28.4. The molecule has 0 aliphatic heterocycles. The molecule has 0 fully saturated rings. The molecule has 0 saturated carbocycles. The average molecular weight is 479 g/mol. The second-order valence-electron chi connectivity index (χ2n) is 8.23. The summed E-state index contributed by atoms with van der Waals surface area (Å²) in [5.41, 5.74) is 2.65. The zero-order valence-electron chi connectivity index (χ0n) is 18.2. The van der Waals surface area contributed by atoms with E-state index in [0.717, 1.165) is 51.0 Å². The molecule has 0 aromatic heterocycles. The molecule has 2 N–H and O–H groups in total. The van der Waals surface area contributed by atoms with E-state index in [2.05, 4.69) is 6.92 Å². The van der Waals surface area contributed by atoms with Crippen molar-refractivity contribution in [3.63, 3.8) is 0 Å². The van der Waals surface area contributed by atoms with Gasteiger partial charge in [-0.2, -0.15) is 39.5 Å². The number of nitrogens with two attached hydrogens (primary N) is 1. The fourth-order valence-electron chi connectivity index (χ4n) is 3.45. The van der Waals surface area contributed by atoms with Crippen molar-refractivity contribution in [3.8, 4) is 0 Å². The van der Waals surface area contributed by atoms with Crippen LogP contribution in [-0.4, -0.2) is 18.0 Å². The average Bonchev–Trinajstić information content (AvgIpc) is 2.68. The molecular weight excluding hydrogens is 449 g/mol. The lowest BCUT2D eigenvalue weighted by Gasteiger charge is -2.34. The zero-order valence-corrected chi connectivity index (χ0v) is 18.2. The Hall–Kier alpha value is -1.61. The van der Waals surface area contributed by atoms with E-state index in [1.807, 2.05) is 0 Å². The van der Waals surface area contributed by atoms with Crippen molar-refractivity contribution < 1.29 is 39.5 Å². The van der Waals surface area contributed by atoms with Gasteiger partial charge >= 0.3 is 23.9 Å². The minimum atomic E-state index is -6.95. The Balaban J connectivity index is 2.92. The summed E-state index contributed by atoms with van der Waals surface area (Å²) >= 11 is 0. The van der Waals surface area contributed by atoms with Gasteiger partial charge in [-0.3, -0.25) is 0 Å². The quantitative estimate of drug-likeness (QED) is 0.171. The molecule has 1 aromatic rings. The number of hydrogen-bond donors (Lipinski definition) is 1. The van der Waals surface area contributed by atoms with Crippen molar-refractivity contribution in [2.24, 2.45) is 0 Å². The Labute approximate surface area is 182 Å². The van der Waals surface area contributed by atoms with Crippen LogP contribution in [0, 0.1) is 0 Å². The summed E-state index contributed by atoms with van der Waals surface area (Å²) in [5, 5.41) is 0. The topological polar surface area (TPSA) is 26.0 Å². The first-order chi connectivity index (χ1) is 14.6. The molecule has 0 radical (unpaired) electrons. The maximum atomic E-state index is 14.3. The van der Waals surface area contributed by atoms with E-state index in [-0.39, 0.29) is 5.56 Å². The lowest BCUT2D eigenvalue weighted by Crippen LogP contribution is -2.59. The van der Waals surface area contributed by atoms with Crippen molar-refractivity contribution in [1.82, 2.24) is 0 Å². The van der Waals surface area contributed by atoms with Gasteiger partial charge in [-0.15, -0.1) is 0 Å². The van der Waals surface area contributed by atoms with E-state index < -0.39 is 41.1 Å². The highest BCUT2D eigenvalue weighted by Crippen LogP contribution is 2.57. The summed E-state index contributed by atoms with van der Waals surface area (Å²) in [6, 6.07) is 2.61. The summed E-state index contributed by atoms with van der Waals surface area (Å²) in [5.74, 6) is -19.9. The van der Waals surface area contributed by atoms with Crippen LogP contribution < -0.4 is 5.73 Å². The van der Waals surface area contributed by atoms with Crippen LogP contribution in [0.4, 0.5) is 45.2 Å². The Morgan fingerprint density at radius 1 is 0.750 bits per heavy atom. The molecule has 0 saturated heterocycles. The number of halogens is 9. The maximum Gasteiger partial charge on any atom is 0.460 e. The number of unbranched alkanes of at least 4 members (excludes halogenated alkanes) is 7. The lowest BCUT2D eigenvalue weighted by molar-refractivity contribution is -0.399. The van der Waals surface area contributed by atoms with Crippen LogP contribution in [0.1, 0.15) is 88.7 Å². The van der Waals surface area contributed by atoms with E-state index in [1.165, 1.54) is 12.5 Å². The fourth-order valence-corrected chi connectivity index (χ4v) is 3.45. The highest BCUT2D eigenvalue weighted by molar-refractivity contribution is 5.52. The van der Waals surface area contributed by atoms with Gasteiger partial charge in [0.25, 0.3) is 0 Å². The summed E-state index contributed by atoms with van der Waals surface area (Å²) in [4.78, 5) is 0. The third-order valence-corrected chi connectivity index (χ3v) is 5.62. The van der Waals surface area contributed by atoms with Crippen molar-refractivity contribution in [2.45, 2.75) is 101 Å². The number of rotatable bonds is 13. The number of anilines is 1. The van der Waals surface area contributed by atoms with Crippen LogP contribution in [0.25, 0.3) is 0 Å². The Kier molecular flexibility index (Phi) is 9.78. The van der Waals surface area contributed by atoms with Gasteiger partial charge in [-0.05, 0) is 30.0 Å². The highest BCUT2D eigenvalue weighted by Gasteiger charge is 2.82. The Morgan fingerprint density at radius 3 is 1.75 bits per heavy atom. The molecule has 1 aromatic carbocycles. The molecule has 186 valence electrons. The Bertz CT molecular complexity index is 714. The van der Waals surface area contributed by atoms with Crippen LogP contribution >= 0.6 is 0 Å². The molecular formula is C22H30F9N. The predicted octanol–water partition coefficient (Wildman–Crippen LogP) is 8.83. The third-order valence-electron chi connectivity index (χ3n) is 5.62. The van der Waals surface area contributed by atoms with Crippen molar-refractivity contribution in [3.05, 3.63) is 29.3 Å². The molecule has 32 heavy (non-hydrogen) atoms. The van der Waals surface area contributed by atoms with Gasteiger partial charge in [-0.1, -0.05) is 71.3 Å². The molecule has 1 unspecified atom stereocenters. The van der Waals surface area contributed by atoms with Gasteiger partial charge < -0.3 is 5.73 Å². The molecule has 1 nitrogen and oxygen atoms in total. The largest absolute Gasteiger partial charge is 0.460 e. The van der Waals surface area contributed by atoms with Crippen LogP contribution in [-0.2, 0) is 5.92 Å². The predicted molar refractivity (Wildman–Crippen MR) is 106 cm³/mol. The van der Waals surface area contributed by atoms with E-state index in [4.69, 9.17) is 5.73 Å². The number of hydrogen-bond acceptors (Lipinski definition) is 1. The SMILES string of the molecule is CCCCCCCCCCC(C)c1ccc(N)c(C(F)(F)C(F)(F)C(F)(F)C(F)(F)F)c1. The van der Waals surface area contributed by atoms with E-state index >= 15 is 0 Å². The van der Waals surface area contributed by atoms with E-state index in [1.54, 1.807) is 6.92 Å². The molecule has 1 rings (SSSR count). The van der Waals surface area contributed by atoms with Crippen molar-refractivity contribution >= 4 is 5.69 Å². The van der Waals surface area contributed by atoms with Crippen LogP contribution in [0.5, 0.6) is 0 Å². The van der Waals surface area contributed by atoms with Gasteiger partial charge in [0, 0.05) is 5.69 Å². The summed E-state index contributed by atoms with van der Waals surface area (Å²) in [6.45, 7) is 3.75. The van der Waals surface area contributed by atoms with Crippen LogP contribution in [0.15, 0.2) is 18.2 Å². The summed E-state index contributed by atoms with van der Waals surface area (Å²) in [6.07, 6.45) is 1.90. The van der Waals surface area contributed by atoms with E-state index in [0.29, 0.717) is 12.5 Å².